The van der Waals surface area contributed by atoms with Crippen molar-refractivity contribution in [1.29, 1.82) is 0 Å². The summed E-state index contributed by atoms with van der Waals surface area (Å²) >= 11 is 12.0. The van der Waals surface area contributed by atoms with Crippen LogP contribution in [0.25, 0.3) is 0 Å². The Balaban J connectivity index is 1.98. The summed E-state index contributed by atoms with van der Waals surface area (Å²) in [5.74, 6) is -0.0846. The summed E-state index contributed by atoms with van der Waals surface area (Å²) in [6.45, 7) is 2.09. The lowest BCUT2D eigenvalue weighted by atomic mass is 10.2. The van der Waals surface area contributed by atoms with Crippen LogP contribution >= 0.6 is 23.2 Å². The van der Waals surface area contributed by atoms with Gasteiger partial charge in [-0.2, -0.15) is 0 Å². The second kappa shape index (κ2) is 6.64. The summed E-state index contributed by atoms with van der Waals surface area (Å²) in [7, 11) is 0. The van der Waals surface area contributed by atoms with Gasteiger partial charge >= 0.3 is 0 Å². The first-order valence-corrected chi connectivity index (χ1v) is 6.85. The minimum atomic E-state index is -0.0846. The van der Waals surface area contributed by atoms with Crippen LogP contribution in [0.15, 0.2) is 42.5 Å². The molecule has 2 aromatic carbocycles. The van der Waals surface area contributed by atoms with E-state index in [1.807, 2.05) is 36.4 Å². The highest BCUT2D eigenvalue weighted by molar-refractivity contribution is 6.35. The number of carbonyl (C=O) groups is 1. The fraction of sp³-hybridized carbons (Fsp3) is 0.133. The van der Waals surface area contributed by atoms with Crippen LogP contribution in [0.2, 0.25) is 10.0 Å². The molecule has 0 saturated carbocycles. The smallest absolute Gasteiger partial charge is 0.221 e. The Morgan fingerprint density at radius 1 is 1.05 bits per heavy atom. The van der Waals surface area contributed by atoms with Gasteiger partial charge in [-0.25, -0.2) is 0 Å². The predicted octanol–water partition coefficient (Wildman–Crippen LogP) is 4.56. The molecule has 0 bridgehead atoms. The zero-order valence-electron chi connectivity index (χ0n) is 10.9. The molecule has 0 radical (unpaired) electrons. The predicted molar refractivity (Wildman–Crippen MR) is 84.5 cm³/mol. The van der Waals surface area contributed by atoms with Gasteiger partial charge in [-0.15, -0.1) is 0 Å². The van der Waals surface area contributed by atoms with Crippen LogP contribution in [0.1, 0.15) is 12.5 Å². The van der Waals surface area contributed by atoms with Crippen LogP contribution in [0, 0.1) is 0 Å². The van der Waals surface area contributed by atoms with Gasteiger partial charge in [0.15, 0.2) is 0 Å². The highest BCUT2D eigenvalue weighted by Gasteiger charge is 2.01. The number of anilines is 2. The minimum absolute atomic E-state index is 0.0846. The molecule has 3 nitrogen and oxygen atoms in total. The van der Waals surface area contributed by atoms with E-state index in [1.165, 1.54) is 6.92 Å². The molecule has 20 heavy (non-hydrogen) atoms. The van der Waals surface area contributed by atoms with Gasteiger partial charge in [0.05, 0.1) is 0 Å². The number of rotatable bonds is 4. The monoisotopic (exact) mass is 308 g/mol. The van der Waals surface area contributed by atoms with Gasteiger partial charge in [0.1, 0.15) is 0 Å². The van der Waals surface area contributed by atoms with Crippen LogP contribution in [0.4, 0.5) is 11.4 Å². The standard InChI is InChI=1S/C15H14Cl2N2O/c1-10(20)19-14-6-4-13(5-7-14)18-9-11-2-3-12(16)8-15(11)17/h2-8,18H,9H2,1H3,(H,19,20). The van der Waals surface area contributed by atoms with Crippen molar-refractivity contribution < 1.29 is 4.79 Å². The fourth-order valence-corrected chi connectivity index (χ4v) is 2.21. The van der Waals surface area contributed by atoms with Crippen molar-refractivity contribution in [3.8, 4) is 0 Å². The minimum Gasteiger partial charge on any atom is -0.381 e. The maximum atomic E-state index is 10.9. The molecule has 0 aliphatic heterocycles. The van der Waals surface area contributed by atoms with E-state index in [-0.39, 0.29) is 5.91 Å². The summed E-state index contributed by atoms with van der Waals surface area (Å²) in [6.07, 6.45) is 0. The number of hydrogen-bond donors (Lipinski definition) is 2. The van der Waals surface area contributed by atoms with Gasteiger partial charge in [-0.05, 0) is 42.0 Å². The average molecular weight is 309 g/mol. The molecule has 0 fully saturated rings. The van der Waals surface area contributed by atoms with Crippen molar-refractivity contribution in [3.05, 3.63) is 58.1 Å². The molecule has 0 heterocycles. The summed E-state index contributed by atoms with van der Waals surface area (Å²) < 4.78 is 0. The zero-order chi connectivity index (χ0) is 14.5. The van der Waals surface area contributed by atoms with Gasteiger partial charge in [0.2, 0.25) is 5.91 Å². The number of carbonyl (C=O) groups excluding carboxylic acids is 1. The molecule has 0 atom stereocenters. The van der Waals surface area contributed by atoms with Gasteiger partial charge in [0.25, 0.3) is 0 Å². The van der Waals surface area contributed by atoms with Crippen molar-refractivity contribution in [2.75, 3.05) is 10.6 Å². The summed E-state index contributed by atoms with van der Waals surface area (Å²) in [5.41, 5.74) is 2.69. The van der Waals surface area contributed by atoms with E-state index in [0.29, 0.717) is 16.6 Å². The lowest BCUT2D eigenvalue weighted by molar-refractivity contribution is -0.114. The SMILES string of the molecule is CC(=O)Nc1ccc(NCc2ccc(Cl)cc2Cl)cc1. The molecule has 0 saturated heterocycles. The van der Waals surface area contributed by atoms with Crippen molar-refractivity contribution in [2.45, 2.75) is 13.5 Å². The fourth-order valence-electron chi connectivity index (χ4n) is 1.74. The molecule has 0 unspecified atom stereocenters. The van der Waals surface area contributed by atoms with E-state index >= 15 is 0 Å². The van der Waals surface area contributed by atoms with E-state index < -0.39 is 0 Å². The average Bonchev–Trinajstić information content (AvgIpc) is 2.39. The largest absolute Gasteiger partial charge is 0.381 e. The van der Waals surface area contributed by atoms with Crippen molar-refractivity contribution in [1.82, 2.24) is 0 Å². The van der Waals surface area contributed by atoms with Crippen LogP contribution in [0.3, 0.4) is 0 Å². The number of halogens is 2. The van der Waals surface area contributed by atoms with Crippen LogP contribution in [-0.2, 0) is 11.3 Å². The maximum Gasteiger partial charge on any atom is 0.221 e. The molecule has 5 heteroatoms. The third-order valence-electron chi connectivity index (χ3n) is 2.70. The molecule has 1 amide bonds. The van der Waals surface area contributed by atoms with E-state index in [4.69, 9.17) is 23.2 Å². The number of amides is 1. The summed E-state index contributed by atoms with van der Waals surface area (Å²) in [4.78, 5) is 10.9. The number of hydrogen-bond acceptors (Lipinski definition) is 2. The van der Waals surface area contributed by atoms with Crippen molar-refractivity contribution in [3.63, 3.8) is 0 Å². The van der Waals surface area contributed by atoms with Gasteiger partial charge in [0, 0.05) is 34.9 Å². The van der Waals surface area contributed by atoms with E-state index in [9.17, 15) is 4.79 Å². The highest BCUT2D eigenvalue weighted by Crippen LogP contribution is 2.22. The molecule has 2 rings (SSSR count). The Labute approximate surface area is 127 Å². The normalized spacial score (nSPS) is 10.2. The molecule has 0 aliphatic carbocycles. The van der Waals surface area contributed by atoms with Gasteiger partial charge in [-0.3, -0.25) is 4.79 Å². The second-order valence-corrected chi connectivity index (χ2v) is 5.19. The first-order chi connectivity index (χ1) is 9.54. The van der Waals surface area contributed by atoms with Crippen LogP contribution < -0.4 is 10.6 Å². The molecule has 0 aliphatic rings. The van der Waals surface area contributed by atoms with Crippen LogP contribution in [-0.4, -0.2) is 5.91 Å². The molecule has 2 aromatic rings. The summed E-state index contributed by atoms with van der Waals surface area (Å²) in [6, 6.07) is 12.9. The lowest BCUT2D eigenvalue weighted by Crippen LogP contribution is -2.05. The maximum absolute atomic E-state index is 10.9. The molecule has 104 valence electrons. The summed E-state index contributed by atoms with van der Waals surface area (Å²) in [5, 5.41) is 7.24. The van der Waals surface area contributed by atoms with E-state index in [2.05, 4.69) is 10.6 Å². The first kappa shape index (κ1) is 14.7. The Hall–Kier alpha value is -1.71. The lowest BCUT2D eigenvalue weighted by Gasteiger charge is -2.09. The third kappa shape index (κ3) is 4.15. The van der Waals surface area contributed by atoms with Gasteiger partial charge < -0.3 is 10.6 Å². The Morgan fingerprint density at radius 2 is 1.70 bits per heavy atom. The second-order valence-electron chi connectivity index (χ2n) is 4.35. The Kier molecular flexibility index (Phi) is 4.88. The zero-order valence-corrected chi connectivity index (χ0v) is 12.4. The quantitative estimate of drug-likeness (QED) is 0.869. The number of benzene rings is 2. The first-order valence-electron chi connectivity index (χ1n) is 6.10. The Morgan fingerprint density at radius 3 is 2.30 bits per heavy atom. The topological polar surface area (TPSA) is 41.1 Å². The number of nitrogens with one attached hydrogen (secondary N) is 2. The molecule has 2 N–H and O–H groups in total. The van der Waals surface area contributed by atoms with Crippen molar-refractivity contribution >= 4 is 40.5 Å². The molecule has 0 aromatic heterocycles. The molecular formula is C15H14Cl2N2O. The molecular weight excluding hydrogens is 295 g/mol. The highest BCUT2D eigenvalue weighted by atomic mass is 35.5. The third-order valence-corrected chi connectivity index (χ3v) is 3.29. The molecule has 0 spiro atoms. The van der Waals surface area contributed by atoms with Crippen molar-refractivity contribution in [2.24, 2.45) is 0 Å². The van der Waals surface area contributed by atoms with E-state index in [0.717, 1.165) is 16.9 Å². The van der Waals surface area contributed by atoms with E-state index in [1.54, 1.807) is 6.07 Å². The Bertz CT molecular complexity index is 612. The van der Waals surface area contributed by atoms with Crippen LogP contribution in [0.5, 0.6) is 0 Å². The van der Waals surface area contributed by atoms with Gasteiger partial charge in [-0.1, -0.05) is 29.3 Å².